The summed E-state index contributed by atoms with van der Waals surface area (Å²) in [5.41, 5.74) is -2.07. The van der Waals surface area contributed by atoms with Gasteiger partial charge in [-0.25, -0.2) is 0 Å². The van der Waals surface area contributed by atoms with Crippen molar-refractivity contribution in [2.24, 2.45) is 13.0 Å². The van der Waals surface area contributed by atoms with Gasteiger partial charge in [0.2, 0.25) is 0 Å². The molecule has 194 valence electrons. The molecule has 1 aliphatic rings. The van der Waals surface area contributed by atoms with Gasteiger partial charge < -0.3 is 9.47 Å². The van der Waals surface area contributed by atoms with Crippen LogP contribution in [0.25, 0.3) is 0 Å². The standard InChI is InChI=1S/C24H24F6N4O2/c1-14(16-8-18(23(25,26)27)11-19(9-16)24(28,29)30)36-20-13-35-12-17(10-21-31-33-34(2)32-21)22(20)15-6-4-3-5-7-15/h3-9,11,14,17,20,22H,10,12-13H2,1-2H3. The zero-order valence-electron chi connectivity index (χ0n) is 19.4. The van der Waals surface area contributed by atoms with E-state index in [4.69, 9.17) is 9.47 Å². The van der Waals surface area contributed by atoms with Crippen LogP contribution in [0, 0.1) is 5.92 Å². The van der Waals surface area contributed by atoms with Crippen molar-refractivity contribution in [2.45, 2.75) is 43.8 Å². The Hall–Kier alpha value is -2.99. The van der Waals surface area contributed by atoms with Gasteiger partial charge in [0.15, 0.2) is 5.82 Å². The van der Waals surface area contributed by atoms with E-state index in [9.17, 15) is 26.3 Å². The molecule has 1 aliphatic heterocycles. The highest BCUT2D eigenvalue weighted by molar-refractivity contribution is 5.35. The second kappa shape index (κ2) is 10.2. The van der Waals surface area contributed by atoms with Crippen molar-refractivity contribution in [1.82, 2.24) is 20.2 Å². The van der Waals surface area contributed by atoms with E-state index < -0.39 is 35.7 Å². The fourth-order valence-electron chi connectivity index (χ4n) is 4.51. The summed E-state index contributed by atoms with van der Waals surface area (Å²) >= 11 is 0. The fourth-order valence-corrected chi connectivity index (χ4v) is 4.51. The van der Waals surface area contributed by atoms with E-state index in [2.05, 4.69) is 15.4 Å². The number of halogens is 6. The minimum Gasteiger partial charge on any atom is -0.378 e. The molecule has 1 aromatic heterocycles. The Morgan fingerprint density at radius 1 is 1.00 bits per heavy atom. The van der Waals surface area contributed by atoms with Crippen LogP contribution in [0.15, 0.2) is 48.5 Å². The van der Waals surface area contributed by atoms with Gasteiger partial charge in [0, 0.05) is 12.3 Å². The first-order valence-electron chi connectivity index (χ1n) is 11.2. The predicted octanol–water partition coefficient (Wildman–Crippen LogP) is 5.37. The Kier molecular flexibility index (Phi) is 7.37. The summed E-state index contributed by atoms with van der Waals surface area (Å²) in [5, 5.41) is 12.1. The molecule has 3 aromatic rings. The largest absolute Gasteiger partial charge is 0.416 e. The molecule has 0 bridgehead atoms. The molecule has 4 atom stereocenters. The summed E-state index contributed by atoms with van der Waals surface area (Å²) in [5.74, 6) is 0.0716. The van der Waals surface area contributed by atoms with Gasteiger partial charge in [-0.15, -0.1) is 10.2 Å². The van der Waals surface area contributed by atoms with Crippen molar-refractivity contribution in [2.75, 3.05) is 13.2 Å². The van der Waals surface area contributed by atoms with Gasteiger partial charge in [-0.3, -0.25) is 0 Å². The number of hydrogen-bond acceptors (Lipinski definition) is 5. The van der Waals surface area contributed by atoms with E-state index in [0.717, 1.165) is 5.56 Å². The number of alkyl halides is 6. The van der Waals surface area contributed by atoms with Crippen LogP contribution in [0.3, 0.4) is 0 Å². The molecule has 0 aliphatic carbocycles. The van der Waals surface area contributed by atoms with Gasteiger partial charge in [-0.1, -0.05) is 30.3 Å². The molecule has 36 heavy (non-hydrogen) atoms. The normalized spacial score (nSPS) is 21.9. The Morgan fingerprint density at radius 3 is 2.19 bits per heavy atom. The highest BCUT2D eigenvalue weighted by Gasteiger charge is 2.40. The molecule has 4 rings (SSSR count). The monoisotopic (exact) mass is 514 g/mol. The Bertz CT molecular complexity index is 1130. The molecule has 0 spiro atoms. The molecule has 4 unspecified atom stereocenters. The summed E-state index contributed by atoms with van der Waals surface area (Å²) in [6.07, 6.45) is -11.2. The van der Waals surface area contributed by atoms with Crippen molar-refractivity contribution in [3.63, 3.8) is 0 Å². The van der Waals surface area contributed by atoms with Gasteiger partial charge >= 0.3 is 12.4 Å². The van der Waals surface area contributed by atoms with Crippen molar-refractivity contribution in [1.29, 1.82) is 0 Å². The molecule has 0 amide bonds. The van der Waals surface area contributed by atoms with E-state index in [1.54, 1.807) is 7.05 Å². The number of benzene rings is 2. The second-order valence-corrected chi connectivity index (χ2v) is 8.79. The fraction of sp³-hybridized carbons (Fsp3) is 0.458. The number of aromatic nitrogens is 4. The van der Waals surface area contributed by atoms with Crippen LogP contribution in [-0.2, 0) is 35.3 Å². The maximum Gasteiger partial charge on any atom is 0.416 e. The topological polar surface area (TPSA) is 62.1 Å². The van der Waals surface area contributed by atoms with E-state index >= 15 is 0 Å². The van der Waals surface area contributed by atoms with Gasteiger partial charge in [0.05, 0.1) is 43.6 Å². The zero-order chi connectivity index (χ0) is 26.1. The molecule has 1 fully saturated rings. The number of nitrogens with zero attached hydrogens (tertiary/aromatic N) is 4. The molecule has 6 nitrogen and oxygen atoms in total. The first-order chi connectivity index (χ1) is 16.9. The van der Waals surface area contributed by atoms with Crippen LogP contribution in [0.5, 0.6) is 0 Å². The molecule has 0 radical (unpaired) electrons. The molecule has 12 heteroatoms. The summed E-state index contributed by atoms with van der Waals surface area (Å²) in [6.45, 7) is 1.92. The quantitative estimate of drug-likeness (QED) is 0.414. The van der Waals surface area contributed by atoms with Crippen molar-refractivity contribution in [3.05, 3.63) is 76.6 Å². The van der Waals surface area contributed by atoms with Crippen LogP contribution >= 0.6 is 0 Å². The summed E-state index contributed by atoms with van der Waals surface area (Å²) in [4.78, 5) is 1.33. The number of hydrogen-bond donors (Lipinski definition) is 0. The van der Waals surface area contributed by atoms with Crippen LogP contribution in [0.2, 0.25) is 0 Å². The molecule has 0 N–H and O–H groups in total. The van der Waals surface area contributed by atoms with Crippen LogP contribution in [-0.4, -0.2) is 39.5 Å². The minimum atomic E-state index is -4.94. The average molecular weight is 514 g/mol. The Labute approximate surface area is 203 Å². The van der Waals surface area contributed by atoms with Gasteiger partial charge in [0.1, 0.15) is 0 Å². The zero-order valence-corrected chi connectivity index (χ0v) is 19.4. The highest BCUT2D eigenvalue weighted by Crippen LogP contribution is 2.41. The maximum absolute atomic E-state index is 13.4. The molecular formula is C24H24F6N4O2. The molecule has 2 heterocycles. The third-order valence-corrected chi connectivity index (χ3v) is 6.16. The molecular weight excluding hydrogens is 490 g/mol. The van der Waals surface area contributed by atoms with Crippen LogP contribution in [0.4, 0.5) is 26.3 Å². The van der Waals surface area contributed by atoms with Crippen LogP contribution < -0.4 is 0 Å². The third-order valence-electron chi connectivity index (χ3n) is 6.16. The number of aryl methyl sites for hydroxylation is 1. The van der Waals surface area contributed by atoms with E-state index in [0.29, 0.717) is 31.0 Å². The van der Waals surface area contributed by atoms with E-state index in [-0.39, 0.29) is 30.1 Å². The summed E-state index contributed by atoms with van der Waals surface area (Å²) in [7, 11) is 1.64. The lowest BCUT2D eigenvalue weighted by molar-refractivity contribution is -0.143. The first kappa shape index (κ1) is 26.1. The van der Waals surface area contributed by atoms with Crippen molar-refractivity contribution >= 4 is 0 Å². The summed E-state index contributed by atoms with van der Waals surface area (Å²) in [6, 6.07) is 10.9. The van der Waals surface area contributed by atoms with Crippen LogP contribution in [0.1, 0.15) is 47.0 Å². The Morgan fingerprint density at radius 2 is 1.64 bits per heavy atom. The van der Waals surface area contributed by atoms with Gasteiger partial charge in [-0.2, -0.15) is 31.1 Å². The van der Waals surface area contributed by atoms with Crippen molar-refractivity contribution < 1.29 is 35.8 Å². The first-order valence-corrected chi connectivity index (χ1v) is 11.2. The van der Waals surface area contributed by atoms with Gasteiger partial charge in [-0.05, 0) is 47.4 Å². The maximum atomic E-state index is 13.4. The number of rotatable bonds is 6. The lowest BCUT2D eigenvalue weighted by atomic mass is 9.79. The Balaban J connectivity index is 1.64. The third kappa shape index (κ3) is 6.04. The number of tetrazole rings is 1. The minimum absolute atomic E-state index is 0.108. The number of ether oxygens (including phenoxy) is 2. The second-order valence-electron chi connectivity index (χ2n) is 8.79. The SMILES string of the molecule is CC(OC1COCC(Cc2nnn(C)n2)C1c1ccccc1)c1cc(C(F)(F)F)cc(C(F)(F)F)c1. The smallest absolute Gasteiger partial charge is 0.378 e. The van der Waals surface area contributed by atoms with E-state index in [1.165, 1.54) is 11.7 Å². The highest BCUT2D eigenvalue weighted by atomic mass is 19.4. The molecule has 1 saturated heterocycles. The molecule has 0 saturated carbocycles. The predicted molar refractivity (Wildman–Crippen MR) is 116 cm³/mol. The lowest BCUT2D eigenvalue weighted by Gasteiger charge is -2.39. The average Bonchev–Trinajstić information content (AvgIpc) is 3.23. The lowest BCUT2D eigenvalue weighted by Crippen LogP contribution is -2.41. The van der Waals surface area contributed by atoms with Crippen molar-refractivity contribution in [3.8, 4) is 0 Å². The molecule has 2 aromatic carbocycles. The summed E-state index contributed by atoms with van der Waals surface area (Å²) < 4.78 is 92.0. The van der Waals surface area contributed by atoms with E-state index in [1.807, 2.05) is 30.3 Å². The van der Waals surface area contributed by atoms with Gasteiger partial charge in [0.25, 0.3) is 0 Å².